The minimum atomic E-state index is -0.672. The third-order valence-corrected chi connectivity index (χ3v) is 3.85. The molecular weight excluding hydrogens is 346 g/mol. The van der Waals surface area contributed by atoms with Gasteiger partial charge in [0, 0.05) is 5.02 Å². The van der Waals surface area contributed by atoms with E-state index in [2.05, 4.69) is 0 Å². The third kappa shape index (κ3) is 3.80. The lowest BCUT2D eigenvalue weighted by atomic mass is 10.1. The maximum atomic E-state index is 12.1. The van der Waals surface area contributed by atoms with Crippen molar-refractivity contribution in [1.29, 1.82) is 0 Å². The molecule has 0 unspecified atom stereocenters. The van der Waals surface area contributed by atoms with Crippen LogP contribution in [0.5, 0.6) is 5.75 Å². The highest BCUT2D eigenvalue weighted by molar-refractivity contribution is 6.30. The molecule has 0 fully saturated rings. The van der Waals surface area contributed by atoms with Crippen molar-refractivity contribution >= 4 is 29.4 Å². The molecule has 0 saturated carbocycles. The number of hydrogen-bond acceptors (Lipinski definition) is 5. The monoisotopic (exact) mass is 359 g/mol. The summed E-state index contributed by atoms with van der Waals surface area (Å²) in [6.07, 6.45) is 0. The van der Waals surface area contributed by atoms with Gasteiger partial charge in [0.05, 0.1) is 11.1 Å². The van der Waals surface area contributed by atoms with E-state index >= 15 is 0 Å². The van der Waals surface area contributed by atoms with Gasteiger partial charge in [0.15, 0.2) is 0 Å². The molecule has 0 aromatic heterocycles. The zero-order valence-electron chi connectivity index (χ0n) is 13.1. The molecule has 0 saturated heterocycles. The van der Waals surface area contributed by atoms with Crippen molar-refractivity contribution in [3.05, 3.63) is 64.7 Å². The summed E-state index contributed by atoms with van der Waals surface area (Å²) in [7, 11) is 0. The van der Waals surface area contributed by atoms with E-state index in [9.17, 15) is 14.4 Å². The van der Waals surface area contributed by atoms with Crippen LogP contribution >= 0.6 is 11.6 Å². The summed E-state index contributed by atoms with van der Waals surface area (Å²) in [4.78, 5) is 37.0. The lowest BCUT2D eigenvalue weighted by Crippen LogP contribution is -2.36. The van der Waals surface area contributed by atoms with Crippen LogP contribution in [0.15, 0.2) is 48.5 Å². The molecule has 0 atom stereocenters. The second kappa shape index (κ2) is 7.36. The minimum absolute atomic E-state index is 0.00459. The Bertz CT molecular complexity index is 783. The molecule has 6 nitrogen and oxygen atoms in total. The number of carbonyl (C=O) groups is 3. The predicted molar refractivity (Wildman–Crippen MR) is 89.7 cm³/mol. The first-order chi connectivity index (χ1) is 12.1. The van der Waals surface area contributed by atoms with Gasteiger partial charge >= 0.3 is 5.97 Å². The molecule has 0 spiro atoms. The van der Waals surface area contributed by atoms with Crippen LogP contribution in [0.2, 0.25) is 5.02 Å². The van der Waals surface area contributed by atoms with Gasteiger partial charge in [-0.05, 0) is 36.4 Å². The Morgan fingerprint density at radius 2 is 1.52 bits per heavy atom. The van der Waals surface area contributed by atoms with Gasteiger partial charge in [-0.2, -0.15) is 0 Å². The number of benzene rings is 2. The average molecular weight is 360 g/mol. The summed E-state index contributed by atoms with van der Waals surface area (Å²) in [5.41, 5.74) is 0.595. The number of esters is 1. The minimum Gasteiger partial charge on any atom is -0.490 e. The molecule has 2 aromatic rings. The van der Waals surface area contributed by atoms with Gasteiger partial charge in [-0.25, -0.2) is 0 Å². The Labute approximate surface area is 148 Å². The highest BCUT2D eigenvalue weighted by Crippen LogP contribution is 2.22. The largest absolute Gasteiger partial charge is 0.490 e. The van der Waals surface area contributed by atoms with Gasteiger partial charge in [0.2, 0.25) is 0 Å². The molecule has 2 aromatic carbocycles. The fourth-order valence-corrected chi connectivity index (χ4v) is 2.53. The lowest BCUT2D eigenvalue weighted by Gasteiger charge is -2.13. The predicted octanol–water partition coefficient (Wildman–Crippen LogP) is 2.56. The van der Waals surface area contributed by atoms with Crippen molar-refractivity contribution in [1.82, 2.24) is 4.90 Å². The summed E-state index contributed by atoms with van der Waals surface area (Å²) >= 11 is 5.77. The number of carbonyl (C=O) groups excluding carboxylic acids is 3. The van der Waals surface area contributed by atoms with Gasteiger partial charge in [-0.1, -0.05) is 23.7 Å². The van der Waals surface area contributed by atoms with Crippen LogP contribution in [0.1, 0.15) is 20.7 Å². The van der Waals surface area contributed by atoms with Crippen molar-refractivity contribution in [3.63, 3.8) is 0 Å². The van der Waals surface area contributed by atoms with Crippen LogP contribution < -0.4 is 4.74 Å². The van der Waals surface area contributed by atoms with Gasteiger partial charge < -0.3 is 9.47 Å². The van der Waals surface area contributed by atoms with E-state index < -0.39 is 24.3 Å². The smallest absolute Gasteiger partial charge is 0.326 e. The molecule has 1 aliphatic rings. The van der Waals surface area contributed by atoms with E-state index in [0.29, 0.717) is 21.9 Å². The zero-order valence-corrected chi connectivity index (χ0v) is 13.9. The SMILES string of the molecule is O=C(CN1C(=O)c2ccccc2C1=O)OCCOc1ccc(Cl)cc1. The number of imide groups is 1. The van der Waals surface area contributed by atoms with Gasteiger partial charge in [0.1, 0.15) is 25.5 Å². The maximum absolute atomic E-state index is 12.1. The first-order valence-corrected chi connectivity index (χ1v) is 7.93. The molecular formula is C18H14ClNO5. The number of fused-ring (bicyclic) bond motifs is 1. The number of rotatable bonds is 6. The van der Waals surface area contributed by atoms with Crippen LogP contribution in [0.25, 0.3) is 0 Å². The van der Waals surface area contributed by atoms with E-state index in [-0.39, 0.29) is 13.2 Å². The standard InChI is InChI=1S/C18H14ClNO5/c19-12-5-7-13(8-6-12)24-9-10-25-16(21)11-20-17(22)14-3-1-2-4-15(14)18(20)23/h1-8H,9-11H2. The Morgan fingerprint density at radius 1 is 0.920 bits per heavy atom. The normalized spacial score (nSPS) is 12.9. The van der Waals surface area contributed by atoms with Gasteiger partial charge in [-0.3, -0.25) is 19.3 Å². The second-order valence-corrected chi connectivity index (χ2v) is 5.70. The Kier molecular flexibility index (Phi) is 5.00. The lowest BCUT2D eigenvalue weighted by molar-refractivity contribution is -0.144. The van der Waals surface area contributed by atoms with Crippen molar-refractivity contribution in [2.75, 3.05) is 19.8 Å². The summed E-state index contributed by atoms with van der Waals surface area (Å²) in [5.74, 6) is -1.06. The highest BCUT2D eigenvalue weighted by Gasteiger charge is 2.36. The summed E-state index contributed by atoms with van der Waals surface area (Å²) in [6.45, 7) is -0.270. The number of ether oxygens (including phenoxy) is 2. The van der Waals surface area contributed by atoms with Crippen LogP contribution in [0.3, 0.4) is 0 Å². The van der Waals surface area contributed by atoms with E-state index in [1.54, 1.807) is 48.5 Å². The quantitative estimate of drug-likeness (QED) is 0.450. The number of hydrogen-bond donors (Lipinski definition) is 0. The molecule has 0 bridgehead atoms. The molecule has 3 rings (SSSR count). The number of halogens is 1. The average Bonchev–Trinajstić information content (AvgIpc) is 2.86. The zero-order chi connectivity index (χ0) is 17.8. The molecule has 2 amide bonds. The van der Waals surface area contributed by atoms with Crippen LogP contribution in [-0.4, -0.2) is 42.4 Å². The van der Waals surface area contributed by atoms with E-state index in [4.69, 9.17) is 21.1 Å². The molecule has 0 aliphatic carbocycles. The molecule has 0 radical (unpaired) electrons. The molecule has 128 valence electrons. The maximum Gasteiger partial charge on any atom is 0.326 e. The van der Waals surface area contributed by atoms with Gasteiger partial charge in [0.25, 0.3) is 11.8 Å². The van der Waals surface area contributed by atoms with E-state index in [0.717, 1.165) is 4.90 Å². The number of amides is 2. The fraction of sp³-hybridized carbons (Fsp3) is 0.167. The third-order valence-electron chi connectivity index (χ3n) is 3.59. The summed E-state index contributed by atoms with van der Waals surface area (Å²) < 4.78 is 10.4. The van der Waals surface area contributed by atoms with Gasteiger partial charge in [-0.15, -0.1) is 0 Å². The molecule has 25 heavy (non-hydrogen) atoms. The molecule has 0 N–H and O–H groups in total. The first kappa shape index (κ1) is 17.0. The van der Waals surface area contributed by atoms with Crippen molar-refractivity contribution in [3.8, 4) is 5.75 Å². The number of nitrogens with zero attached hydrogens (tertiary/aromatic N) is 1. The van der Waals surface area contributed by atoms with Crippen molar-refractivity contribution in [2.24, 2.45) is 0 Å². The van der Waals surface area contributed by atoms with Crippen molar-refractivity contribution < 1.29 is 23.9 Å². The second-order valence-electron chi connectivity index (χ2n) is 5.26. The highest BCUT2D eigenvalue weighted by atomic mass is 35.5. The molecule has 1 heterocycles. The van der Waals surface area contributed by atoms with Crippen LogP contribution in [-0.2, 0) is 9.53 Å². The Balaban J connectivity index is 1.46. The molecule has 7 heteroatoms. The Hall–Kier alpha value is -2.86. The van der Waals surface area contributed by atoms with Crippen LogP contribution in [0.4, 0.5) is 0 Å². The Morgan fingerprint density at radius 3 is 2.12 bits per heavy atom. The molecule has 1 aliphatic heterocycles. The van der Waals surface area contributed by atoms with Crippen molar-refractivity contribution in [2.45, 2.75) is 0 Å². The van der Waals surface area contributed by atoms with E-state index in [1.165, 1.54) is 0 Å². The topological polar surface area (TPSA) is 72.9 Å². The van der Waals surface area contributed by atoms with Crippen LogP contribution in [0, 0.1) is 0 Å². The fourth-order valence-electron chi connectivity index (χ4n) is 2.40. The first-order valence-electron chi connectivity index (χ1n) is 7.55. The van der Waals surface area contributed by atoms with E-state index in [1.807, 2.05) is 0 Å². The summed E-state index contributed by atoms with van der Waals surface area (Å²) in [6, 6.07) is 13.2. The summed E-state index contributed by atoms with van der Waals surface area (Å²) in [5, 5.41) is 0.597.